The van der Waals surface area contributed by atoms with Crippen molar-refractivity contribution < 1.29 is 9.59 Å². The highest BCUT2D eigenvalue weighted by atomic mass is 79.9. The highest BCUT2D eigenvalue weighted by Gasteiger charge is 2.11. The van der Waals surface area contributed by atoms with Gasteiger partial charge in [-0.05, 0) is 23.8 Å². The van der Waals surface area contributed by atoms with Gasteiger partial charge in [-0.3, -0.25) is 9.59 Å². The third-order valence-corrected chi connectivity index (χ3v) is 3.56. The highest BCUT2D eigenvalue weighted by Crippen LogP contribution is 2.23. The van der Waals surface area contributed by atoms with Crippen LogP contribution in [0.25, 0.3) is 11.4 Å². The zero-order valence-corrected chi connectivity index (χ0v) is 14.2. The lowest BCUT2D eigenvalue weighted by atomic mass is 10.2. The molecule has 0 fully saturated rings. The van der Waals surface area contributed by atoms with Crippen LogP contribution in [0.1, 0.15) is 13.3 Å². The molecule has 2 rings (SSSR count). The molecule has 0 saturated carbocycles. The number of carbonyl (C=O) groups is 2. The van der Waals surface area contributed by atoms with Crippen LogP contribution in [-0.2, 0) is 16.1 Å². The predicted molar refractivity (Wildman–Crippen MR) is 87.3 cm³/mol. The average molecular weight is 381 g/mol. The summed E-state index contributed by atoms with van der Waals surface area (Å²) in [6.45, 7) is 2.38. The van der Waals surface area contributed by atoms with E-state index in [1.165, 1.54) is 4.80 Å². The number of nitrogens with zero attached hydrogens (tertiary/aromatic N) is 4. The number of amides is 2. The Kier molecular flexibility index (Phi) is 6.21. The van der Waals surface area contributed by atoms with E-state index in [4.69, 9.17) is 0 Å². The molecule has 8 nitrogen and oxygen atoms in total. The summed E-state index contributed by atoms with van der Waals surface area (Å²) >= 11 is 3.41. The Morgan fingerprint density at radius 1 is 1.22 bits per heavy atom. The van der Waals surface area contributed by atoms with E-state index >= 15 is 0 Å². The standard InChI is InChI=1S/C14H17BrN6O2/c1-2-7-16-12(22)8-17-13(23)9-21-19-14(18-20-21)10-5-3-4-6-11(10)15/h3-6H,2,7-9H2,1H3,(H,16,22)(H,17,23). The zero-order valence-electron chi connectivity index (χ0n) is 12.6. The second-order valence-corrected chi connectivity index (χ2v) is 5.60. The maximum Gasteiger partial charge on any atom is 0.244 e. The fraction of sp³-hybridized carbons (Fsp3) is 0.357. The molecule has 1 heterocycles. The van der Waals surface area contributed by atoms with Crippen LogP contribution in [-0.4, -0.2) is 45.1 Å². The van der Waals surface area contributed by atoms with Crippen molar-refractivity contribution in [2.45, 2.75) is 19.9 Å². The van der Waals surface area contributed by atoms with Gasteiger partial charge in [-0.2, -0.15) is 4.80 Å². The Bertz CT molecular complexity index is 687. The largest absolute Gasteiger partial charge is 0.355 e. The maximum absolute atomic E-state index is 11.8. The van der Waals surface area contributed by atoms with Gasteiger partial charge in [0.15, 0.2) is 0 Å². The number of carbonyl (C=O) groups excluding carboxylic acids is 2. The molecule has 0 spiro atoms. The van der Waals surface area contributed by atoms with Crippen molar-refractivity contribution in [2.24, 2.45) is 0 Å². The van der Waals surface area contributed by atoms with E-state index in [9.17, 15) is 9.59 Å². The van der Waals surface area contributed by atoms with Crippen LogP contribution in [0.2, 0.25) is 0 Å². The Morgan fingerprint density at radius 2 is 2.00 bits per heavy atom. The number of hydrogen-bond donors (Lipinski definition) is 2. The second-order valence-electron chi connectivity index (χ2n) is 4.75. The van der Waals surface area contributed by atoms with Gasteiger partial charge in [-0.1, -0.05) is 35.0 Å². The first-order valence-electron chi connectivity index (χ1n) is 7.16. The quantitative estimate of drug-likeness (QED) is 0.737. The molecule has 1 aromatic heterocycles. The van der Waals surface area contributed by atoms with Gasteiger partial charge in [0.25, 0.3) is 0 Å². The maximum atomic E-state index is 11.8. The summed E-state index contributed by atoms with van der Waals surface area (Å²) < 4.78 is 0.844. The van der Waals surface area contributed by atoms with Crippen LogP contribution in [0, 0.1) is 0 Å². The van der Waals surface area contributed by atoms with Crippen LogP contribution in [0.3, 0.4) is 0 Å². The first-order valence-corrected chi connectivity index (χ1v) is 7.95. The molecular formula is C14H17BrN6O2. The lowest BCUT2D eigenvalue weighted by Gasteiger charge is -2.05. The van der Waals surface area contributed by atoms with Gasteiger partial charge < -0.3 is 10.6 Å². The van der Waals surface area contributed by atoms with Crippen molar-refractivity contribution in [2.75, 3.05) is 13.1 Å². The first-order chi connectivity index (χ1) is 11.1. The molecule has 0 unspecified atom stereocenters. The van der Waals surface area contributed by atoms with Crippen LogP contribution >= 0.6 is 15.9 Å². The van der Waals surface area contributed by atoms with E-state index in [1.807, 2.05) is 31.2 Å². The molecule has 0 saturated heterocycles. The van der Waals surface area contributed by atoms with Crippen molar-refractivity contribution in [3.8, 4) is 11.4 Å². The van der Waals surface area contributed by atoms with Gasteiger partial charge in [0.05, 0.1) is 6.54 Å². The summed E-state index contributed by atoms with van der Waals surface area (Å²) in [5.41, 5.74) is 0.790. The molecule has 2 aromatic rings. The molecule has 0 aliphatic heterocycles. The first kappa shape index (κ1) is 17.1. The summed E-state index contributed by atoms with van der Waals surface area (Å²) in [5.74, 6) is -0.153. The van der Waals surface area contributed by atoms with Crippen molar-refractivity contribution in [3.05, 3.63) is 28.7 Å². The van der Waals surface area contributed by atoms with Crippen LogP contribution in [0.15, 0.2) is 28.7 Å². The lowest BCUT2D eigenvalue weighted by Crippen LogP contribution is -2.38. The van der Waals surface area contributed by atoms with E-state index in [0.717, 1.165) is 16.5 Å². The number of hydrogen-bond acceptors (Lipinski definition) is 5. The smallest absolute Gasteiger partial charge is 0.244 e. The molecule has 0 atom stereocenters. The van der Waals surface area contributed by atoms with Gasteiger partial charge in [0, 0.05) is 16.6 Å². The van der Waals surface area contributed by atoms with Crippen LogP contribution in [0.4, 0.5) is 0 Å². The second kappa shape index (κ2) is 8.37. The van der Waals surface area contributed by atoms with Crippen molar-refractivity contribution in [1.29, 1.82) is 0 Å². The summed E-state index contributed by atoms with van der Waals surface area (Å²) in [5, 5.41) is 17.1. The monoisotopic (exact) mass is 380 g/mol. The van der Waals surface area contributed by atoms with E-state index in [0.29, 0.717) is 12.4 Å². The van der Waals surface area contributed by atoms with E-state index in [1.54, 1.807) is 0 Å². The highest BCUT2D eigenvalue weighted by molar-refractivity contribution is 9.10. The number of aromatic nitrogens is 4. The number of nitrogens with one attached hydrogen (secondary N) is 2. The SMILES string of the molecule is CCCNC(=O)CNC(=O)Cn1nnc(-c2ccccc2Br)n1. The van der Waals surface area contributed by atoms with Crippen LogP contribution in [0.5, 0.6) is 0 Å². The summed E-state index contributed by atoms with van der Waals surface area (Å²) in [6.07, 6.45) is 0.848. The topological polar surface area (TPSA) is 102 Å². The van der Waals surface area contributed by atoms with E-state index in [-0.39, 0.29) is 24.9 Å². The number of rotatable bonds is 7. The Morgan fingerprint density at radius 3 is 2.74 bits per heavy atom. The Hall–Kier alpha value is -2.29. The number of halogens is 1. The van der Waals surface area contributed by atoms with Gasteiger partial charge in [-0.25, -0.2) is 0 Å². The molecule has 1 aromatic carbocycles. The molecule has 2 amide bonds. The Labute approximate surface area is 141 Å². The molecule has 9 heteroatoms. The minimum Gasteiger partial charge on any atom is -0.355 e. The number of tetrazole rings is 1. The Balaban J connectivity index is 1.88. The molecular weight excluding hydrogens is 364 g/mol. The molecule has 2 N–H and O–H groups in total. The molecule has 122 valence electrons. The minimum atomic E-state index is -0.354. The predicted octanol–water partition coefficient (Wildman–Crippen LogP) is 0.745. The van der Waals surface area contributed by atoms with Crippen molar-refractivity contribution in [1.82, 2.24) is 30.8 Å². The summed E-state index contributed by atoms with van der Waals surface area (Å²) in [6, 6.07) is 7.47. The van der Waals surface area contributed by atoms with E-state index in [2.05, 4.69) is 42.0 Å². The fourth-order valence-electron chi connectivity index (χ4n) is 1.75. The third kappa shape index (κ3) is 5.13. The van der Waals surface area contributed by atoms with Gasteiger partial charge >= 0.3 is 0 Å². The minimum absolute atomic E-state index is 0.0649. The third-order valence-electron chi connectivity index (χ3n) is 2.87. The van der Waals surface area contributed by atoms with Gasteiger partial charge in [0.2, 0.25) is 17.6 Å². The number of benzene rings is 1. The molecule has 23 heavy (non-hydrogen) atoms. The van der Waals surface area contributed by atoms with E-state index < -0.39 is 0 Å². The normalized spacial score (nSPS) is 10.3. The summed E-state index contributed by atoms with van der Waals surface area (Å²) in [7, 11) is 0. The molecule has 0 bridgehead atoms. The zero-order chi connectivity index (χ0) is 16.7. The molecule has 0 aliphatic carbocycles. The van der Waals surface area contributed by atoms with Crippen molar-refractivity contribution >= 4 is 27.7 Å². The van der Waals surface area contributed by atoms with Crippen LogP contribution < -0.4 is 10.6 Å². The molecule has 0 aliphatic rings. The lowest BCUT2D eigenvalue weighted by molar-refractivity contribution is -0.126. The molecule has 0 radical (unpaired) electrons. The fourth-order valence-corrected chi connectivity index (χ4v) is 2.21. The van der Waals surface area contributed by atoms with Crippen molar-refractivity contribution in [3.63, 3.8) is 0 Å². The van der Waals surface area contributed by atoms with Gasteiger partial charge in [0.1, 0.15) is 6.54 Å². The summed E-state index contributed by atoms with van der Waals surface area (Å²) in [4.78, 5) is 24.4. The van der Waals surface area contributed by atoms with Gasteiger partial charge in [-0.15, -0.1) is 10.2 Å². The average Bonchev–Trinajstić information content (AvgIpc) is 2.99.